The van der Waals surface area contributed by atoms with E-state index in [9.17, 15) is 23.1 Å². The molecule has 0 unspecified atom stereocenters. The molecule has 0 aliphatic rings. The number of hydrogen-bond donors (Lipinski definition) is 2. The molecule has 1 atom stereocenters. The van der Waals surface area contributed by atoms with E-state index < -0.39 is 23.3 Å². The maximum absolute atomic E-state index is 13.3. The van der Waals surface area contributed by atoms with Gasteiger partial charge < -0.3 is 15.6 Å². The number of ether oxygens (including phenoxy) is 1. The molecule has 112 valence electrons. The van der Waals surface area contributed by atoms with Crippen molar-refractivity contribution in [1.29, 1.82) is 0 Å². The van der Waals surface area contributed by atoms with Crippen molar-refractivity contribution >= 4 is 22.6 Å². The molecule has 0 amide bonds. The highest BCUT2D eigenvalue weighted by Crippen LogP contribution is 2.43. The topological polar surface area (TPSA) is 85.4 Å². The Balaban J connectivity index is 2.85. The summed E-state index contributed by atoms with van der Waals surface area (Å²) in [6.45, 7) is 0. The maximum atomic E-state index is 13.3. The van der Waals surface area contributed by atoms with E-state index in [1.165, 1.54) is 18.3 Å². The standard InChI is InChI=1S/C13H11F3N2O3/c1-21-11(19)12(20,13(14,15)16)8-4-5-9(17)10-7(8)3-2-6-18-10/h2-6,20H,17H2,1H3/t12-/m0/s1. The molecule has 2 aromatic rings. The van der Waals surface area contributed by atoms with Crippen molar-refractivity contribution in [2.24, 2.45) is 0 Å². The molecule has 2 rings (SSSR count). The molecule has 0 radical (unpaired) electrons. The molecule has 0 bridgehead atoms. The largest absolute Gasteiger partial charge is 0.466 e. The van der Waals surface area contributed by atoms with E-state index in [2.05, 4.69) is 9.72 Å². The number of fused-ring (bicyclic) bond motifs is 1. The van der Waals surface area contributed by atoms with Crippen molar-refractivity contribution in [3.63, 3.8) is 0 Å². The third-order valence-electron chi connectivity index (χ3n) is 3.08. The minimum absolute atomic E-state index is 0.0570. The lowest BCUT2D eigenvalue weighted by molar-refractivity contribution is -0.266. The molecule has 0 saturated carbocycles. The Hall–Kier alpha value is -2.35. The van der Waals surface area contributed by atoms with Gasteiger partial charge in [-0.1, -0.05) is 12.1 Å². The molecule has 3 N–H and O–H groups in total. The van der Waals surface area contributed by atoms with Crippen molar-refractivity contribution in [2.75, 3.05) is 12.8 Å². The molecule has 0 fully saturated rings. The summed E-state index contributed by atoms with van der Waals surface area (Å²) in [5.74, 6) is -1.83. The predicted octanol–water partition coefficient (Wildman–Crippen LogP) is 1.74. The van der Waals surface area contributed by atoms with Gasteiger partial charge in [0.05, 0.1) is 18.3 Å². The number of aromatic nitrogens is 1. The summed E-state index contributed by atoms with van der Waals surface area (Å²) in [5.41, 5.74) is 1.35. The van der Waals surface area contributed by atoms with Crippen LogP contribution in [0.1, 0.15) is 5.56 Å². The number of benzene rings is 1. The van der Waals surface area contributed by atoms with Gasteiger partial charge in [0.2, 0.25) is 0 Å². The summed E-state index contributed by atoms with van der Waals surface area (Å²) in [6.07, 6.45) is -3.92. The first-order valence-electron chi connectivity index (χ1n) is 5.74. The minimum Gasteiger partial charge on any atom is -0.466 e. The fourth-order valence-corrected chi connectivity index (χ4v) is 2.04. The first-order chi connectivity index (χ1) is 9.73. The van der Waals surface area contributed by atoms with Gasteiger partial charge in [-0.25, -0.2) is 4.79 Å². The first-order valence-corrected chi connectivity index (χ1v) is 5.74. The van der Waals surface area contributed by atoms with Gasteiger partial charge >= 0.3 is 12.1 Å². The number of esters is 1. The van der Waals surface area contributed by atoms with Gasteiger partial charge in [0.1, 0.15) is 0 Å². The van der Waals surface area contributed by atoms with Crippen molar-refractivity contribution in [3.8, 4) is 0 Å². The van der Waals surface area contributed by atoms with Crippen LogP contribution in [-0.2, 0) is 15.1 Å². The van der Waals surface area contributed by atoms with Crippen LogP contribution in [0.2, 0.25) is 0 Å². The minimum atomic E-state index is -5.26. The lowest BCUT2D eigenvalue weighted by Gasteiger charge is -2.29. The van der Waals surface area contributed by atoms with E-state index >= 15 is 0 Å². The second-order valence-corrected chi connectivity index (χ2v) is 4.30. The lowest BCUT2D eigenvalue weighted by Crippen LogP contribution is -2.50. The molecule has 0 spiro atoms. The molecular weight excluding hydrogens is 289 g/mol. The smallest absolute Gasteiger partial charge is 0.432 e. The van der Waals surface area contributed by atoms with E-state index in [0.717, 1.165) is 19.2 Å². The Morgan fingerprint density at radius 3 is 2.57 bits per heavy atom. The monoisotopic (exact) mass is 300 g/mol. The number of carbonyl (C=O) groups excluding carboxylic acids is 1. The summed E-state index contributed by atoms with van der Waals surface area (Å²) in [6, 6.07) is 4.74. The number of carbonyl (C=O) groups is 1. The second-order valence-electron chi connectivity index (χ2n) is 4.30. The molecule has 8 heteroatoms. The van der Waals surface area contributed by atoms with Crippen LogP contribution in [0.3, 0.4) is 0 Å². The van der Waals surface area contributed by atoms with Gasteiger partial charge in [-0.15, -0.1) is 0 Å². The molecule has 1 heterocycles. The highest BCUT2D eigenvalue weighted by Gasteiger charge is 2.62. The summed E-state index contributed by atoms with van der Waals surface area (Å²) in [5, 5.41) is 9.93. The van der Waals surface area contributed by atoms with Crippen molar-refractivity contribution < 1.29 is 27.8 Å². The van der Waals surface area contributed by atoms with Gasteiger partial charge in [-0.05, 0) is 12.1 Å². The molecule has 0 aliphatic heterocycles. The number of alkyl halides is 3. The fraction of sp³-hybridized carbons (Fsp3) is 0.231. The van der Waals surface area contributed by atoms with E-state index in [1.54, 1.807) is 0 Å². The average molecular weight is 300 g/mol. The predicted molar refractivity (Wildman–Crippen MR) is 68.1 cm³/mol. The number of aliphatic hydroxyl groups is 1. The van der Waals surface area contributed by atoms with Crippen molar-refractivity contribution in [3.05, 3.63) is 36.0 Å². The Kier molecular flexibility index (Phi) is 3.50. The van der Waals surface area contributed by atoms with Gasteiger partial charge in [-0.2, -0.15) is 13.2 Å². The van der Waals surface area contributed by atoms with E-state index in [1.807, 2.05) is 0 Å². The van der Waals surface area contributed by atoms with E-state index in [4.69, 9.17) is 5.73 Å². The summed E-state index contributed by atoms with van der Waals surface area (Å²) >= 11 is 0. The Morgan fingerprint density at radius 1 is 1.33 bits per heavy atom. The Bertz CT molecular complexity index is 703. The number of anilines is 1. The normalized spacial score (nSPS) is 14.7. The highest BCUT2D eigenvalue weighted by atomic mass is 19.4. The molecule has 1 aromatic carbocycles. The van der Waals surface area contributed by atoms with Crippen molar-refractivity contribution in [2.45, 2.75) is 11.8 Å². The molecule has 21 heavy (non-hydrogen) atoms. The third-order valence-corrected chi connectivity index (χ3v) is 3.08. The number of hydrogen-bond acceptors (Lipinski definition) is 5. The van der Waals surface area contributed by atoms with Crippen LogP contribution in [0.25, 0.3) is 10.9 Å². The summed E-state index contributed by atoms with van der Waals surface area (Å²) < 4.78 is 43.9. The zero-order valence-electron chi connectivity index (χ0n) is 10.8. The summed E-state index contributed by atoms with van der Waals surface area (Å²) in [4.78, 5) is 15.4. The second kappa shape index (κ2) is 4.88. The number of nitrogen functional groups attached to an aromatic ring is 1. The number of nitrogens with two attached hydrogens (primary N) is 1. The van der Waals surface area contributed by atoms with E-state index in [-0.39, 0.29) is 16.6 Å². The third kappa shape index (κ3) is 2.17. The molecule has 0 saturated heterocycles. The lowest BCUT2D eigenvalue weighted by atomic mass is 9.89. The van der Waals surface area contributed by atoms with Crippen LogP contribution in [0.15, 0.2) is 30.5 Å². The zero-order valence-corrected chi connectivity index (χ0v) is 10.8. The first kappa shape index (κ1) is 15.0. The molecule has 1 aromatic heterocycles. The average Bonchev–Trinajstić information content (AvgIpc) is 2.45. The number of methoxy groups -OCH3 is 1. The molecule has 5 nitrogen and oxygen atoms in total. The van der Waals surface area contributed by atoms with Crippen LogP contribution in [0, 0.1) is 0 Å². The van der Waals surface area contributed by atoms with Gasteiger partial charge in [0, 0.05) is 17.1 Å². The molecular formula is C13H11F3N2O3. The fourth-order valence-electron chi connectivity index (χ4n) is 2.04. The van der Waals surface area contributed by atoms with Crippen molar-refractivity contribution in [1.82, 2.24) is 4.98 Å². The highest BCUT2D eigenvalue weighted by molar-refractivity contribution is 5.96. The van der Waals surface area contributed by atoms with Crippen LogP contribution >= 0.6 is 0 Å². The number of pyridine rings is 1. The van der Waals surface area contributed by atoms with Gasteiger partial charge in [-0.3, -0.25) is 4.98 Å². The number of halogens is 3. The quantitative estimate of drug-likeness (QED) is 0.652. The Labute approximate surface area is 117 Å². The van der Waals surface area contributed by atoms with Crippen LogP contribution in [0.5, 0.6) is 0 Å². The maximum Gasteiger partial charge on any atom is 0.432 e. The van der Waals surface area contributed by atoms with Gasteiger partial charge in [0.15, 0.2) is 0 Å². The number of rotatable bonds is 2. The van der Waals surface area contributed by atoms with Crippen LogP contribution < -0.4 is 5.73 Å². The zero-order chi connectivity index (χ0) is 15.8. The van der Waals surface area contributed by atoms with Crippen LogP contribution in [-0.4, -0.2) is 29.3 Å². The van der Waals surface area contributed by atoms with Gasteiger partial charge in [0.25, 0.3) is 5.60 Å². The number of nitrogens with zero attached hydrogens (tertiary/aromatic N) is 1. The SMILES string of the molecule is COC(=O)[C@@](O)(c1ccc(N)c2ncccc12)C(F)(F)F. The van der Waals surface area contributed by atoms with E-state index in [0.29, 0.717) is 0 Å². The summed E-state index contributed by atoms with van der Waals surface area (Å²) in [7, 11) is 0.761. The Morgan fingerprint density at radius 2 is 2.00 bits per heavy atom. The molecule has 0 aliphatic carbocycles. The van der Waals surface area contributed by atoms with Crippen LogP contribution in [0.4, 0.5) is 18.9 Å².